The van der Waals surface area contributed by atoms with Crippen LogP contribution in [0.15, 0.2) is 24.3 Å². The van der Waals surface area contributed by atoms with Crippen molar-refractivity contribution in [2.24, 2.45) is 0 Å². The number of nitrogens with one attached hydrogen (secondary N) is 1. The van der Waals surface area contributed by atoms with E-state index in [2.05, 4.69) is 18.3 Å². The van der Waals surface area contributed by atoms with Crippen LogP contribution in [0.3, 0.4) is 0 Å². The summed E-state index contributed by atoms with van der Waals surface area (Å²) < 4.78 is 16.5. The molecule has 1 aliphatic rings. The third kappa shape index (κ3) is 3.02. The second kappa shape index (κ2) is 5.69. The Labute approximate surface area is 108 Å². The first-order valence-corrected chi connectivity index (χ1v) is 6.29. The topological polar surface area (TPSA) is 39.7 Å². The lowest BCUT2D eigenvalue weighted by Crippen LogP contribution is -2.39. The van der Waals surface area contributed by atoms with Crippen molar-refractivity contribution in [1.82, 2.24) is 5.32 Å². The number of hydrogen-bond donors (Lipinski definition) is 1. The van der Waals surface area contributed by atoms with Gasteiger partial charge in [0.15, 0.2) is 5.79 Å². The Balaban J connectivity index is 1.96. The van der Waals surface area contributed by atoms with E-state index in [9.17, 15) is 0 Å². The Kier molecular flexibility index (Phi) is 4.22. The van der Waals surface area contributed by atoms with Gasteiger partial charge in [0.1, 0.15) is 5.75 Å². The summed E-state index contributed by atoms with van der Waals surface area (Å²) in [4.78, 5) is 0. The van der Waals surface area contributed by atoms with Crippen LogP contribution in [-0.2, 0) is 9.47 Å². The highest BCUT2D eigenvalue weighted by Gasteiger charge is 2.31. The highest BCUT2D eigenvalue weighted by atomic mass is 16.7. The molecular formula is C14H21NO3. The van der Waals surface area contributed by atoms with E-state index in [4.69, 9.17) is 14.2 Å². The van der Waals surface area contributed by atoms with Gasteiger partial charge in [-0.2, -0.15) is 0 Å². The van der Waals surface area contributed by atoms with Gasteiger partial charge in [-0.25, -0.2) is 0 Å². The van der Waals surface area contributed by atoms with E-state index >= 15 is 0 Å². The lowest BCUT2D eigenvalue weighted by Gasteiger charge is -2.25. The highest BCUT2D eigenvalue weighted by Crippen LogP contribution is 2.25. The normalized spacial score (nSPS) is 19.7. The summed E-state index contributed by atoms with van der Waals surface area (Å²) in [5.74, 6) is 0.395. The molecule has 1 aromatic rings. The van der Waals surface area contributed by atoms with Gasteiger partial charge in [-0.15, -0.1) is 0 Å². The molecule has 1 fully saturated rings. The van der Waals surface area contributed by atoms with Crippen LogP contribution in [0.1, 0.15) is 25.5 Å². The summed E-state index contributed by atoms with van der Waals surface area (Å²) in [6.07, 6.45) is 0. The molecule has 1 saturated heterocycles. The van der Waals surface area contributed by atoms with Crippen LogP contribution in [0.25, 0.3) is 0 Å². The van der Waals surface area contributed by atoms with Crippen molar-refractivity contribution in [2.45, 2.75) is 25.7 Å². The van der Waals surface area contributed by atoms with Crippen LogP contribution in [0.4, 0.5) is 0 Å². The molecule has 100 valence electrons. The first-order chi connectivity index (χ1) is 8.64. The molecule has 0 unspecified atom stereocenters. The van der Waals surface area contributed by atoms with Gasteiger partial charge in [0.2, 0.25) is 0 Å². The quantitative estimate of drug-likeness (QED) is 0.870. The van der Waals surface area contributed by atoms with Gasteiger partial charge in [-0.3, -0.25) is 0 Å². The number of methoxy groups -OCH3 is 1. The summed E-state index contributed by atoms with van der Waals surface area (Å²) in [6.45, 7) is 6.06. The molecule has 0 radical (unpaired) electrons. The molecule has 0 spiro atoms. The van der Waals surface area contributed by atoms with Gasteiger partial charge in [0.25, 0.3) is 0 Å². The van der Waals surface area contributed by atoms with Crippen molar-refractivity contribution < 1.29 is 14.2 Å². The van der Waals surface area contributed by atoms with Gasteiger partial charge >= 0.3 is 0 Å². The molecule has 1 aliphatic heterocycles. The van der Waals surface area contributed by atoms with Gasteiger partial charge < -0.3 is 19.5 Å². The van der Waals surface area contributed by atoms with Crippen LogP contribution < -0.4 is 10.1 Å². The smallest absolute Gasteiger partial charge is 0.178 e. The number of ether oxygens (including phenoxy) is 3. The Morgan fingerprint density at radius 2 is 2.00 bits per heavy atom. The van der Waals surface area contributed by atoms with Gasteiger partial charge in [0, 0.05) is 18.2 Å². The van der Waals surface area contributed by atoms with Gasteiger partial charge in [-0.05, 0) is 19.9 Å². The number of hydrogen-bond acceptors (Lipinski definition) is 4. The Bertz CT molecular complexity index is 388. The molecule has 0 amide bonds. The number of para-hydroxylation sites is 1. The minimum Gasteiger partial charge on any atom is -0.496 e. The third-order valence-corrected chi connectivity index (χ3v) is 3.23. The SMILES string of the molecule is COc1ccccc1[C@@H](C)NCC1(C)OCCO1. The zero-order valence-corrected chi connectivity index (χ0v) is 11.2. The number of rotatable bonds is 5. The van der Waals surface area contributed by atoms with E-state index in [1.54, 1.807) is 7.11 Å². The Morgan fingerprint density at radius 3 is 2.67 bits per heavy atom. The fourth-order valence-corrected chi connectivity index (χ4v) is 2.13. The van der Waals surface area contributed by atoms with E-state index < -0.39 is 5.79 Å². The van der Waals surface area contributed by atoms with Crippen molar-refractivity contribution in [3.8, 4) is 5.75 Å². The maximum atomic E-state index is 5.57. The summed E-state index contributed by atoms with van der Waals surface area (Å²) >= 11 is 0. The molecule has 1 aromatic carbocycles. The zero-order valence-electron chi connectivity index (χ0n) is 11.2. The molecule has 1 N–H and O–H groups in total. The van der Waals surface area contributed by atoms with Crippen molar-refractivity contribution >= 4 is 0 Å². The molecule has 1 atom stereocenters. The maximum absolute atomic E-state index is 5.57. The van der Waals surface area contributed by atoms with Crippen LogP contribution in [0.5, 0.6) is 5.75 Å². The summed E-state index contributed by atoms with van der Waals surface area (Å²) in [7, 11) is 1.69. The van der Waals surface area contributed by atoms with Gasteiger partial charge in [-0.1, -0.05) is 18.2 Å². The monoisotopic (exact) mass is 251 g/mol. The van der Waals surface area contributed by atoms with Crippen LogP contribution >= 0.6 is 0 Å². The Morgan fingerprint density at radius 1 is 1.33 bits per heavy atom. The number of benzene rings is 1. The first kappa shape index (κ1) is 13.3. The van der Waals surface area contributed by atoms with Crippen molar-refractivity contribution in [3.63, 3.8) is 0 Å². The summed E-state index contributed by atoms with van der Waals surface area (Å²) in [5.41, 5.74) is 1.14. The predicted octanol–water partition coefficient (Wildman–Crippen LogP) is 2.11. The molecule has 18 heavy (non-hydrogen) atoms. The lowest BCUT2D eigenvalue weighted by molar-refractivity contribution is -0.139. The minimum atomic E-state index is -0.504. The highest BCUT2D eigenvalue weighted by molar-refractivity contribution is 5.35. The van der Waals surface area contributed by atoms with Crippen LogP contribution in [-0.4, -0.2) is 32.7 Å². The fraction of sp³-hybridized carbons (Fsp3) is 0.571. The lowest BCUT2D eigenvalue weighted by atomic mass is 10.1. The standard InChI is InChI=1S/C14H21NO3/c1-11(12-6-4-5-7-13(12)16-3)15-10-14(2)17-8-9-18-14/h4-7,11,15H,8-10H2,1-3H3/t11-/m1/s1. The summed E-state index contributed by atoms with van der Waals surface area (Å²) in [6, 6.07) is 8.21. The first-order valence-electron chi connectivity index (χ1n) is 6.29. The van der Waals surface area contributed by atoms with E-state index in [-0.39, 0.29) is 6.04 Å². The largest absolute Gasteiger partial charge is 0.496 e. The van der Waals surface area contributed by atoms with Crippen LogP contribution in [0.2, 0.25) is 0 Å². The van der Waals surface area contributed by atoms with Crippen molar-refractivity contribution in [2.75, 3.05) is 26.9 Å². The zero-order chi connectivity index (χ0) is 13.0. The minimum absolute atomic E-state index is 0.186. The van der Waals surface area contributed by atoms with Gasteiger partial charge in [0.05, 0.1) is 20.3 Å². The molecule has 0 saturated carbocycles. The molecule has 2 rings (SSSR count). The average molecular weight is 251 g/mol. The molecule has 0 aliphatic carbocycles. The van der Waals surface area contributed by atoms with Crippen LogP contribution in [0, 0.1) is 0 Å². The van der Waals surface area contributed by atoms with E-state index in [0.29, 0.717) is 19.8 Å². The predicted molar refractivity (Wildman–Crippen MR) is 69.7 cm³/mol. The maximum Gasteiger partial charge on any atom is 0.178 e. The third-order valence-electron chi connectivity index (χ3n) is 3.23. The molecule has 0 bridgehead atoms. The average Bonchev–Trinajstić information content (AvgIpc) is 2.83. The summed E-state index contributed by atoms with van der Waals surface area (Å²) in [5, 5.41) is 3.43. The Hall–Kier alpha value is -1.10. The molecule has 1 heterocycles. The fourth-order valence-electron chi connectivity index (χ4n) is 2.13. The van der Waals surface area contributed by atoms with Crippen molar-refractivity contribution in [1.29, 1.82) is 0 Å². The van der Waals surface area contributed by atoms with Crippen molar-refractivity contribution in [3.05, 3.63) is 29.8 Å². The molecule has 4 nitrogen and oxygen atoms in total. The molecule has 0 aromatic heterocycles. The van der Waals surface area contributed by atoms with E-state index in [1.807, 2.05) is 25.1 Å². The molecular weight excluding hydrogens is 230 g/mol. The second-order valence-corrected chi connectivity index (χ2v) is 4.68. The van der Waals surface area contributed by atoms with E-state index in [0.717, 1.165) is 11.3 Å². The molecule has 4 heteroatoms. The second-order valence-electron chi connectivity index (χ2n) is 4.68. The van der Waals surface area contributed by atoms with E-state index in [1.165, 1.54) is 0 Å².